The van der Waals surface area contributed by atoms with E-state index in [4.69, 9.17) is 4.74 Å². The van der Waals surface area contributed by atoms with Crippen molar-refractivity contribution in [1.29, 1.82) is 0 Å². The Morgan fingerprint density at radius 1 is 1.10 bits per heavy atom. The molecule has 0 bridgehead atoms. The summed E-state index contributed by atoms with van der Waals surface area (Å²) in [6.07, 6.45) is 8.54. The molecule has 0 N–H and O–H groups in total. The fourth-order valence-electron chi connectivity index (χ4n) is 5.05. The highest BCUT2D eigenvalue weighted by molar-refractivity contribution is 7.30. The molecule has 1 aromatic rings. The largest absolute Gasteiger partial charge is 0.464 e. The summed E-state index contributed by atoms with van der Waals surface area (Å²) in [6.45, 7) is 10.3. The van der Waals surface area contributed by atoms with Crippen LogP contribution < -0.4 is 0 Å². The number of rotatable bonds is 11. The van der Waals surface area contributed by atoms with E-state index in [-0.39, 0.29) is 17.6 Å². The van der Waals surface area contributed by atoms with Crippen molar-refractivity contribution < 1.29 is 18.9 Å². The molecular formula is C26H39O4P. The highest BCUT2D eigenvalue weighted by Gasteiger charge is 2.55. The summed E-state index contributed by atoms with van der Waals surface area (Å²) in [6, 6.07) is 3.91. The topological polar surface area (TPSA) is 60.4 Å². The Kier molecular flexibility index (Phi) is 9.88. The average molecular weight is 447 g/mol. The molecule has 2 atom stereocenters. The molecule has 172 valence electrons. The van der Waals surface area contributed by atoms with E-state index in [9.17, 15) is 14.2 Å². The molecule has 31 heavy (non-hydrogen) atoms. The zero-order valence-corrected chi connectivity index (χ0v) is 20.9. The van der Waals surface area contributed by atoms with Crippen LogP contribution in [0.1, 0.15) is 98.7 Å². The highest BCUT2D eigenvalue weighted by atomic mass is 31.1. The van der Waals surface area contributed by atoms with Gasteiger partial charge < -0.3 is 4.74 Å². The Morgan fingerprint density at radius 3 is 2.23 bits per heavy atom. The quantitative estimate of drug-likeness (QED) is 0.156. The van der Waals surface area contributed by atoms with Gasteiger partial charge in [-0.3, -0.25) is 14.2 Å². The summed E-state index contributed by atoms with van der Waals surface area (Å²) < 4.78 is 18.5. The van der Waals surface area contributed by atoms with Crippen LogP contribution in [0, 0.1) is 32.6 Å². The average Bonchev–Trinajstić information content (AvgIpc) is 2.75. The van der Waals surface area contributed by atoms with Gasteiger partial charge in [-0.2, -0.15) is 0 Å². The first-order chi connectivity index (χ1) is 14.8. The minimum absolute atomic E-state index is 0.253. The molecule has 1 fully saturated rings. The predicted octanol–water partition coefficient (Wildman–Crippen LogP) is 7.16. The van der Waals surface area contributed by atoms with Gasteiger partial charge in [0, 0.05) is 5.56 Å². The van der Waals surface area contributed by atoms with E-state index in [1.807, 2.05) is 32.9 Å². The number of aryl methyl sites for hydroxylation is 3. The van der Waals surface area contributed by atoms with E-state index >= 15 is 0 Å². The van der Waals surface area contributed by atoms with E-state index < -0.39 is 19.6 Å². The molecular weight excluding hydrogens is 407 g/mol. The van der Waals surface area contributed by atoms with Crippen LogP contribution in [0.4, 0.5) is 0 Å². The van der Waals surface area contributed by atoms with Gasteiger partial charge in [-0.25, -0.2) is 0 Å². The van der Waals surface area contributed by atoms with Crippen LogP contribution in [-0.4, -0.2) is 23.5 Å². The normalized spacial score (nSPS) is 17.8. The van der Waals surface area contributed by atoms with Crippen LogP contribution in [0.15, 0.2) is 12.1 Å². The van der Waals surface area contributed by atoms with Crippen LogP contribution in [0.2, 0.25) is 0 Å². The van der Waals surface area contributed by atoms with Gasteiger partial charge >= 0.3 is 5.97 Å². The number of carbonyl (C=O) groups excluding carboxylic acids is 2. The number of hydrogen-bond acceptors (Lipinski definition) is 4. The maximum absolute atomic E-state index is 14.0. The third-order valence-electron chi connectivity index (χ3n) is 6.89. The molecule has 5 heteroatoms. The van der Waals surface area contributed by atoms with Crippen LogP contribution in [0.25, 0.3) is 0 Å². The van der Waals surface area contributed by atoms with Gasteiger partial charge in [0.05, 0.1) is 6.61 Å². The van der Waals surface area contributed by atoms with Crippen molar-refractivity contribution in [3.05, 3.63) is 34.4 Å². The highest BCUT2D eigenvalue weighted by Crippen LogP contribution is 2.45. The van der Waals surface area contributed by atoms with E-state index in [2.05, 4.69) is 13.8 Å². The van der Waals surface area contributed by atoms with Crippen molar-refractivity contribution in [1.82, 2.24) is 0 Å². The first-order valence-electron chi connectivity index (χ1n) is 12.0. The number of benzene rings is 1. The van der Waals surface area contributed by atoms with Crippen LogP contribution in [-0.2, 0) is 14.1 Å². The Morgan fingerprint density at radius 2 is 1.71 bits per heavy atom. The molecule has 0 heterocycles. The summed E-state index contributed by atoms with van der Waals surface area (Å²) in [5, 5.41) is -1.64. The van der Waals surface area contributed by atoms with Crippen molar-refractivity contribution in [3.8, 4) is 0 Å². The van der Waals surface area contributed by atoms with Gasteiger partial charge in [-0.1, -0.05) is 70.1 Å². The second-order valence-electron chi connectivity index (χ2n) is 9.31. The smallest absolute Gasteiger partial charge is 0.332 e. The molecule has 1 aliphatic carbocycles. The molecule has 0 aliphatic heterocycles. The lowest BCUT2D eigenvalue weighted by Gasteiger charge is -2.35. The molecule has 2 unspecified atom stereocenters. The molecule has 1 aromatic carbocycles. The lowest BCUT2D eigenvalue weighted by molar-refractivity contribution is -0.148. The molecule has 4 nitrogen and oxygen atoms in total. The number of unbranched alkanes of at least 4 members (excludes halogenated alkanes) is 1. The minimum Gasteiger partial charge on any atom is -0.464 e. The first kappa shape index (κ1) is 25.7. The van der Waals surface area contributed by atoms with Crippen molar-refractivity contribution in [2.45, 2.75) is 97.6 Å². The van der Waals surface area contributed by atoms with Gasteiger partial charge in [0.15, 0.2) is 14.2 Å². The number of Topliss-reactive ketones (excluding diaryl/α,β-unsaturated/α-hetero) is 1. The summed E-state index contributed by atoms with van der Waals surface area (Å²) in [7, 11) is -0.442. The number of carbonyl (C=O) groups is 2. The van der Waals surface area contributed by atoms with Crippen molar-refractivity contribution in [3.63, 3.8) is 0 Å². The van der Waals surface area contributed by atoms with E-state index in [1.54, 1.807) is 0 Å². The second kappa shape index (κ2) is 11.9. The molecule has 0 aromatic heterocycles. The molecule has 0 amide bonds. The van der Waals surface area contributed by atoms with Gasteiger partial charge in [-0.15, -0.1) is 0 Å². The third kappa shape index (κ3) is 5.83. The predicted molar refractivity (Wildman–Crippen MR) is 126 cm³/mol. The fourth-order valence-corrected chi connectivity index (χ4v) is 5.79. The number of esters is 1. The second-order valence-corrected chi connectivity index (χ2v) is 10.2. The van der Waals surface area contributed by atoms with Gasteiger partial charge in [0.2, 0.25) is 5.16 Å². The Balaban J connectivity index is 2.42. The molecule has 0 spiro atoms. The van der Waals surface area contributed by atoms with Gasteiger partial charge in [0.25, 0.3) is 0 Å². The summed E-state index contributed by atoms with van der Waals surface area (Å²) in [4.78, 5) is 27.5. The minimum atomic E-state index is -1.64. The Labute approximate surface area is 189 Å². The summed E-state index contributed by atoms with van der Waals surface area (Å²) >= 11 is 0. The van der Waals surface area contributed by atoms with E-state index in [0.29, 0.717) is 12.2 Å². The van der Waals surface area contributed by atoms with Crippen LogP contribution in [0.5, 0.6) is 0 Å². The maximum Gasteiger partial charge on any atom is 0.332 e. The number of ketones is 1. The van der Waals surface area contributed by atoms with Gasteiger partial charge in [-0.05, 0) is 63.0 Å². The summed E-state index contributed by atoms with van der Waals surface area (Å²) in [5.74, 6) is -0.918. The zero-order chi connectivity index (χ0) is 23.0. The Bertz CT molecular complexity index is 759. The fraction of sp³-hybridized carbons (Fsp3) is 0.692. The van der Waals surface area contributed by atoms with Crippen LogP contribution >= 0.6 is 8.46 Å². The first-order valence-corrected chi connectivity index (χ1v) is 12.8. The van der Waals surface area contributed by atoms with Crippen LogP contribution in [0.3, 0.4) is 0 Å². The van der Waals surface area contributed by atoms with E-state index in [0.717, 1.165) is 74.5 Å². The van der Waals surface area contributed by atoms with Crippen molar-refractivity contribution in [2.24, 2.45) is 11.8 Å². The standard InChI is InChI=1S/C26H39O4P/c1-6-8-12-21(7-2)17-30-25(28)26(31-29,22-13-10-9-11-14-22)24(27)23-19(4)15-18(3)16-20(23)5/h15-16,21-22H,6-14,17H2,1-5H3. The SMILES string of the molecule is CCCCC(CC)COC(=O)C(P=O)(C(=O)c1c(C)cc(C)cc1C)C1CCCCC1. The monoisotopic (exact) mass is 446 g/mol. The molecule has 1 aliphatic rings. The van der Waals surface area contributed by atoms with E-state index in [1.165, 1.54) is 0 Å². The molecule has 0 saturated heterocycles. The maximum atomic E-state index is 14.0. The third-order valence-corrected chi connectivity index (χ3v) is 7.93. The number of hydrogen-bond donors (Lipinski definition) is 0. The lowest BCUT2D eigenvalue weighted by atomic mass is 9.74. The van der Waals surface area contributed by atoms with Crippen molar-refractivity contribution >= 4 is 20.2 Å². The summed E-state index contributed by atoms with van der Waals surface area (Å²) in [5.41, 5.74) is 3.25. The van der Waals surface area contributed by atoms with Crippen molar-refractivity contribution in [2.75, 3.05) is 6.61 Å². The number of ether oxygens (including phenoxy) is 1. The zero-order valence-electron chi connectivity index (χ0n) is 20.0. The lowest BCUT2D eigenvalue weighted by Crippen LogP contribution is -2.50. The van der Waals surface area contributed by atoms with Gasteiger partial charge in [0.1, 0.15) is 0 Å². The Hall–Kier alpha value is -1.54. The molecule has 2 rings (SSSR count). The molecule has 1 saturated carbocycles. The molecule has 0 radical (unpaired) electrons.